The Labute approximate surface area is 68.2 Å². The van der Waals surface area contributed by atoms with E-state index in [1.54, 1.807) is 0 Å². The topological polar surface area (TPSA) is 45.8 Å². The van der Waals surface area contributed by atoms with Gasteiger partial charge in [0.15, 0.2) is 0 Å². The van der Waals surface area contributed by atoms with Crippen molar-refractivity contribution in [3.05, 3.63) is 11.2 Å². The molecule has 0 radical (unpaired) electrons. The lowest BCUT2D eigenvalue weighted by Gasteiger charge is -1.95. The van der Waals surface area contributed by atoms with Crippen molar-refractivity contribution in [2.24, 2.45) is 0 Å². The highest BCUT2D eigenvalue weighted by Crippen LogP contribution is 2.19. The highest BCUT2D eigenvalue weighted by Gasteiger charge is 2.19. The minimum absolute atomic E-state index is 0.0383. The summed E-state index contributed by atoms with van der Waals surface area (Å²) in [5.74, 6) is -2.94. The van der Waals surface area contributed by atoms with Gasteiger partial charge in [-0.25, -0.2) is 4.21 Å². The summed E-state index contributed by atoms with van der Waals surface area (Å²) in [6.07, 6.45) is 1.12. The van der Waals surface area contributed by atoms with Crippen LogP contribution in [0.1, 0.15) is 0 Å². The Morgan fingerprint density at radius 3 is 2.73 bits per heavy atom. The first kappa shape index (κ1) is 8.61. The van der Waals surface area contributed by atoms with Crippen LogP contribution in [0.3, 0.4) is 0 Å². The first-order valence-corrected chi connectivity index (χ1v) is 4.09. The molecular weight excluding hydrogens is 198 g/mol. The van der Waals surface area contributed by atoms with Crippen LogP contribution in [-0.2, 0) is 10.8 Å². The molecule has 0 aromatic carbocycles. The first-order chi connectivity index (χ1) is 5.13. The zero-order valence-electron chi connectivity index (χ0n) is 5.05. The molecule has 1 aromatic rings. The average Bonchev–Trinajstić information content (AvgIpc) is 2.33. The van der Waals surface area contributed by atoms with E-state index in [2.05, 4.69) is 10.2 Å². The second-order valence-corrected chi connectivity index (χ2v) is 3.37. The SMILES string of the molecule is O=S(c1[nH]ncc1Cl)C(F)F. The molecule has 11 heavy (non-hydrogen) atoms. The van der Waals surface area contributed by atoms with Crippen molar-refractivity contribution < 1.29 is 13.0 Å². The quantitative estimate of drug-likeness (QED) is 0.784. The van der Waals surface area contributed by atoms with Crippen LogP contribution in [0.2, 0.25) is 5.02 Å². The fraction of sp³-hybridized carbons (Fsp3) is 0.250. The summed E-state index contributed by atoms with van der Waals surface area (Å²) in [7, 11) is -2.40. The van der Waals surface area contributed by atoms with E-state index in [4.69, 9.17) is 11.6 Å². The monoisotopic (exact) mass is 200 g/mol. The van der Waals surface area contributed by atoms with Crippen molar-refractivity contribution in [1.29, 1.82) is 0 Å². The Bertz CT molecular complexity index is 277. The van der Waals surface area contributed by atoms with Crippen LogP contribution < -0.4 is 0 Å². The fourth-order valence-electron chi connectivity index (χ4n) is 0.490. The number of alkyl halides is 2. The maximum Gasteiger partial charge on any atom is 0.317 e. The molecule has 1 rings (SSSR count). The van der Waals surface area contributed by atoms with Gasteiger partial charge in [-0.3, -0.25) is 5.10 Å². The van der Waals surface area contributed by atoms with Gasteiger partial charge in [0.05, 0.1) is 11.2 Å². The van der Waals surface area contributed by atoms with E-state index in [0.717, 1.165) is 6.20 Å². The molecule has 0 aliphatic heterocycles. The Morgan fingerprint density at radius 2 is 2.36 bits per heavy atom. The summed E-state index contributed by atoms with van der Waals surface area (Å²) in [6.45, 7) is 0. The third kappa shape index (κ3) is 1.75. The fourth-order valence-corrected chi connectivity index (χ4v) is 1.37. The van der Waals surface area contributed by atoms with Crippen LogP contribution in [0, 0.1) is 0 Å². The Balaban J connectivity index is 2.93. The van der Waals surface area contributed by atoms with Crippen molar-refractivity contribution in [3.63, 3.8) is 0 Å². The molecule has 1 atom stereocenters. The number of H-pyrrole nitrogens is 1. The Morgan fingerprint density at radius 1 is 1.73 bits per heavy atom. The second-order valence-electron chi connectivity index (χ2n) is 1.61. The molecule has 0 fully saturated rings. The van der Waals surface area contributed by atoms with E-state index in [9.17, 15) is 13.0 Å². The number of rotatable bonds is 2. The van der Waals surface area contributed by atoms with Gasteiger partial charge in [0.1, 0.15) is 15.8 Å². The lowest BCUT2D eigenvalue weighted by molar-refractivity contribution is 0.243. The number of hydrogen-bond donors (Lipinski definition) is 1. The second kappa shape index (κ2) is 3.27. The Hall–Kier alpha value is -0.490. The maximum absolute atomic E-state index is 11.8. The molecule has 1 aromatic heterocycles. The maximum atomic E-state index is 11.8. The van der Waals surface area contributed by atoms with Gasteiger partial charge >= 0.3 is 5.76 Å². The molecule has 0 amide bonds. The standard InChI is InChI=1S/C4H3ClF2N2OS/c5-2-1-8-9-3(2)11(10)4(6)7/h1,4H,(H,8,9). The highest BCUT2D eigenvalue weighted by atomic mass is 35.5. The number of halogens is 3. The molecule has 0 saturated carbocycles. The van der Waals surface area contributed by atoms with E-state index < -0.39 is 16.6 Å². The van der Waals surface area contributed by atoms with Gasteiger partial charge in [0, 0.05) is 0 Å². The number of aromatic nitrogens is 2. The summed E-state index contributed by atoms with van der Waals surface area (Å²) in [5.41, 5.74) is 0. The van der Waals surface area contributed by atoms with Crippen LogP contribution in [0.15, 0.2) is 11.2 Å². The van der Waals surface area contributed by atoms with Gasteiger partial charge in [-0.15, -0.1) is 0 Å². The molecule has 0 saturated heterocycles. The number of nitrogens with one attached hydrogen (secondary N) is 1. The normalized spacial score (nSPS) is 13.8. The van der Waals surface area contributed by atoms with Gasteiger partial charge in [0.2, 0.25) is 0 Å². The van der Waals surface area contributed by atoms with Gasteiger partial charge in [-0.1, -0.05) is 11.6 Å². The third-order valence-electron chi connectivity index (χ3n) is 0.924. The molecule has 62 valence electrons. The average molecular weight is 201 g/mol. The largest absolute Gasteiger partial charge is 0.317 e. The summed E-state index contributed by atoms with van der Waals surface area (Å²) >= 11 is 5.36. The highest BCUT2D eigenvalue weighted by molar-refractivity contribution is 7.85. The molecule has 7 heteroatoms. The van der Waals surface area contributed by atoms with Gasteiger partial charge < -0.3 is 0 Å². The molecule has 0 aliphatic carbocycles. The van der Waals surface area contributed by atoms with Crippen LogP contribution in [-0.4, -0.2) is 20.2 Å². The van der Waals surface area contributed by atoms with Crippen LogP contribution in [0.4, 0.5) is 8.78 Å². The summed E-state index contributed by atoms with van der Waals surface area (Å²) in [4.78, 5) is 0. The minimum Gasteiger partial charge on any atom is -0.268 e. The predicted octanol–water partition coefficient (Wildman–Crippen LogP) is 1.39. The Kier molecular flexibility index (Phi) is 2.56. The lowest BCUT2D eigenvalue weighted by atomic mass is 10.7. The molecule has 1 unspecified atom stereocenters. The van der Waals surface area contributed by atoms with E-state index in [0.29, 0.717) is 0 Å². The van der Waals surface area contributed by atoms with Crippen LogP contribution >= 0.6 is 11.6 Å². The van der Waals surface area contributed by atoms with E-state index in [1.165, 1.54) is 0 Å². The molecule has 0 bridgehead atoms. The predicted molar refractivity (Wildman–Crippen MR) is 36.0 cm³/mol. The van der Waals surface area contributed by atoms with E-state index in [-0.39, 0.29) is 10.0 Å². The van der Waals surface area contributed by atoms with Gasteiger partial charge in [-0.05, 0) is 0 Å². The van der Waals surface area contributed by atoms with Gasteiger partial charge in [0.25, 0.3) is 0 Å². The van der Waals surface area contributed by atoms with E-state index in [1.807, 2.05) is 0 Å². The van der Waals surface area contributed by atoms with E-state index >= 15 is 0 Å². The first-order valence-electron chi connectivity index (χ1n) is 2.50. The molecule has 1 heterocycles. The van der Waals surface area contributed by atoms with Crippen molar-refractivity contribution in [2.45, 2.75) is 10.8 Å². The smallest absolute Gasteiger partial charge is 0.268 e. The molecule has 1 N–H and O–H groups in total. The zero-order chi connectivity index (χ0) is 8.43. The lowest BCUT2D eigenvalue weighted by Crippen LogP contribution is -2.03. The van der Waals surface area contributed by atoms with Crippen molar-refractivity contribution in [2.75, 3.05) is 0 Å². The van der Waals surface area contributed by atoms with Crippen molar-refractivity contribution in [3.8, 4) is 0 Å². The number of aromatic amines is 1. The van der Waals surface area contributed by atoms with Crippen LogP contribution in [0.25, 0.3) is 0 Å². The third-order valence-corrected chi connectivity index (χ3v) is 2.36. The zero-order valence-corrected chi connectivity index (χ0v) is 6.62. The molecule has 0 spiro atoms. The number of hydrogen-bond acceptors (Lipinski definition) is 2. The summed E-state index contributed by atoms with van der Waals surface area (Å²) in [5, 5.41) is 5.19. The van der Waals surface area contributed by atoms with Crippen molar-refractivity contribution in [1.82, 2.24) is 10.2 Å². The molecule has 0 aliphatic rings. The van der Waals surface area contributed by atoms with Crippen molar-refractivity contribution >= 4 is 22.4 Å². The van der Waals surface area contributed by atoms with Crippen LogP contribution in [0.5, 0.6) is 0 Å². The minimum atomic E-state index is -2.94. The molecule has 3 nitrogen and oxygen atoms in total. The summed E-state index contributed by atoms with van der Waals surface area (Å²) < 4.78 is 34.2. The summed E-state index contributed by atoms with van der Waals surface area (Å²) in [6, 6.07) is 0. The number of nitrogens with zero attached hydrogens (tertiary/aromatic N) is 1. The molecular formula is C4H3ClF2N2OS. The van der Waals surface area contributed by atoms with Gasteiger partial charge in [-0.2, -0.15) is 13.9 Å².